The van der Waals surface area contributed by atoms with Gasteiger partial charge < -0.3 is 4.90 Å². The lowest BCUT2D eigenvalue weighted by molar-refractivity contribution is -0.117. The zero-order valence-electron chi connectivity index (χ0n) is 19.4. The lowest BCUT2D eigenvalue weighted by Crippen LogP contribution is -2.42. The predicted molar refractivity (Wildman–Crippen MR) is 141 cm³/mol. The van der Waals surface area contributed by atoms with E-state index in [0.29, 0.717) is 17.7 Å². The lowest BCUT2D eigenvalue weighted by Gasteiger charge is -2.27. The first-order valence-electron chi connectivity index (χ1n) is 10.8. The number of nitrogens with zero attached hydrogens (tertiary/aromatic N) is 3. The highest BCUT2D eigenvalue weighted by Gasteiger charge is 2.33. The molecule has 0 spiro atoms. The molecule has 0 saturated heterocycles. The first-order chi connectivity index (χ1) is 16.9. The molecule has 0 atom stereocenters. The first-order valence-corrected chi connectivity index (χ1v) is 14.5. The van der Waals surface area contributed by atoms with Gasteiger partial charge in [0.05, 0.1) is 25.5 Å². The normalized spacial score (nSPS) is 13.6. The summed E-state index contributed by atoms with van der Waals surface area (Å²) in [7, 11) is -4.92. The molecule has 0 aliphatic carbocycles. The number of amides is 1. The van der Waals surface area contributed by atoms with E-state index in [1.165, 1.54) is 49.3 Å². The van der Waals surface area contributed by atoms with Crippen molar-refractivity contribution < 1.29 is 21.6 Å². The minimum absolute atomic E-state index is 0.00537. The van der Waals surface area contributed by atoms with Crippen molar-refractivity contribution in [1.29, 1.82) is 0 Å². The predicted octanol–water partition coefficient (Wildman–Crippen LogP) is 4.03. The van der Waals surface area contributed by atoms with E-state index in [2.05, 4.69) is 0 Å². The van der Waals surface area contributed by atoms with Gasteiger partial charge in [-0.25, -0.2) is 21.1 Å². The molecular formula is C24H23Cl2N3O5S2. The Hall–Kier alpha value is -2.63. The molecule has 12 heteroatoms. The van der Waals surface area contributed by atoms with Gasteiger partial charge in [-0.3, -0.25) is 9.10 Å². The van der Waals surface area contributed by atoms with Crippen LogP contribution in [0.3, 0.4) is 0 Å². The number of benzene rings is 3. The van der Waals surface area contributed by atoms with E-state index < -0.39 is 32.5 Å². The Balaban J connectivity index is 1.71. The van der Waals surface area contributed by atoms with Crippen LogP contribution in [-0.2, 0) is 31.3 Å². The van der Waals surface area contributed by atoms with Crippen LogP contribution in [0.1, 0.15) is 5.56 Å². The van der Waals surface area contributed by atoms with E-state index in [9.17, 15) is 21.6 Å². The molecule has 0 radical (unpaired) electrons. The van der Waals surface area contributed by atoms with Crippen LogP contribution in [0.5, 0.6) is 0 Å². The zero-order chi connectivity index (χ0) is 26.3. The molecule has 0 N–H and O–H groups in total. The fourth-order valence-electron chi connectivity index (χ4n) is 3.92. The quantitative estimate of drug-likeness (QED) is 0.429. The summed E-state index contributed by atoms with van der Waals surface area (Å²) in [5.41, 5.74) is 1.30. The van der Waals surface area contributed by atoms with E-state index in [4.69, 9.17) is 23.2 Å². The Morgan fingerprint density at radius 2 is 1.58 bits per heavy atom. The monoisotopic (exact) mass is 567 g/mol. The van der Waals surface area contributed by atoms with Crippen molar-refractivity contribution in [3.63, 3.8) is 0 Å². The second-order valence-corrected chi connectivity index (χ2v) is 13.1. The van der Waals surface area contributed by atoms with Gasteiger partial charge in [-0.05, 0) is 54.4 Å². The van der Waals surface area contributed by atoms with Crippen molar-refractivity contribution in [2.24, 2.45) is 0 Å². The Morgan fingerprint density at radius 1 is 0.889 bits per heavy atom. The highest BCUT2D eigenvalue weighted by atomic mass is 35.5. The van der Waals surface area contributed by atoms with Crippen LogP contribution in [0.25, 0.3) is 0 Å². The van der Waals surface area contributed by atoms with Crippen LogP contribution in [0.4, 0.5) is 11.4 Å². The molecule has 36 heavy (non-hydrogen) atoms. The Morgan fingerprint density at radius 3 is 2.25 bits per heavy atom. The zero-order valence-corrected chi connectivity index (χ0v) is 22.6. The molecule has 0 aromatic heterocycles. The molecule has 3 aromatic carbocycles. The van der Waals surface area contributed by atoms with E-state index in [-0.39, 0.29) is 32.1 Å². The van der Waals surface area contributed by atoms with Gasteiger partial charge in [0.1, 0.15) is 6.54 Å². The van der Waals surface area contributed by atoms with Crippen molar-refractivity contribution in [3.8, 4) is 0 Å². The fourth-order valence-corrected chi connectivity index (χ4v) is 6.77. The van der Waals surface area contributed by atoms with Crippen LogP contribution >= 0.6 is 23.2 Å². The summed E-state index contributed by atoms with van der Waals surface area (Å²) in [6.07, 6.45) is 0.432. The Bertz CT molecular complexity index is 1530. The molecular weight excluding hydrogens is 545 g/mol. The van der Waals surface area contributed by atoms with Crippen molar-refractivity contribution >= 4 is 60.5 Å². The van der Waals surface area contributed by atoms with Crippen molar-refractivity contribution in [1.82, 2.24) is 4.31 Å². The molecule has 1 amide bonds. The second-order valence-electron chi connectivity index (χ2n) is 8.27. The number of fused-ring (bicyclic) bond motifs is 1. The molecule has 0 unspecified atom stereocenters. The number of carbonyl (C=O) groups excluding carboxylic acids is 1. The third-order valence-electron chi connectivity index (χ3n) is 5.84. The van der Waals surface area contributed by atoms with E-state index >= 15 is 0 Å². The minimum atomic E-state index is -4.17. The number of halogens is 2. The second kappa shape index (κ2) is 10.0. The highest BCUT2D eigenvalue weighted by molar-refractivity contribution is 7.93. The Kier molecular flexibility index (Phi) is 7.36. The van der Waals surface area contributed by atoms with Gasteiger partial charge in [0.25, 0.3) is 10.0 Å². The molecule has 1 aliphatic rings. The minimum Gasteiger partial charge on any atom is -0.310 e. The first kappa shape index (κ1) is 26.4. The summed E-state index contributed by atoms with van der Waals surface area (Å²) in [6.45, 7) is -0.253. The van der Waals surface area contributed by atoms with Gasteiger partial charge in [0, 0.05) is 26.3 Å². The number of hydrogen-bond acceptors (Lipinski definition) is 5. The average molecular weight is 569 g/mol. The molecule has 190 valence electrons. The van der Waals surface area contributed by atoms with Crippen molar-refractivity contribution in [3.05, 3.63) is 82.3 Å². The molecule has 8 nitrogen and oxygen atoms in total. The molecule has 3 aromatic rings. The molecule has 0 fully saturated rings. The maximum absolute atomic E-state index is 13.6. The number of rotatable bonds is 7. The van der Waals surface area contributed by atoms with Gasteiger partial charge in [-0.15, -0.1) is 0 Å². The molecule has 4 rings (SSSR count). The Labute approximate surface area is 220 Å². The average Bonchev–Trinajstić information content (AvgIpc) is 3.28. The third kappa shape index (κ3) is 4.83. The lowest BCUT2D eigenvalue weighted by atomic mass is 10.2. The molecule has 1 heterocycles. The number of sulfonamides is 2. The van der Waals surface area contributed by atoms with Gasteiger partial charge in [0.15, 0.2) is 0 Å². The van der Waals surface area contributed by atoms with E-state index in [1.807, 2.05) is 0 Å². The van der Waals surface area contributed by atoms with Gasteiger partial charge in [0.2, 0.25) is 15.9 Å². The van der Waals surface area contributed by atoms with Crippen LogP contribution in [0, 0.1) is 0 Å². The maximum atomic E-state index is 13.6. The maximum Gasteiger partial charge on any atom is 0.264 e. The van der Waals surface area contributed by atoms with Crippen LogP contribution < -0.4 is 9.21 Å². The summed E-state index contributed by atoms with van der Waals surface area (Å²) >= 11 is 12.5. The van der Waals surface area contributed by atoms with Crippen molar-refractivity contribution in [2.75, 3.05) is 36.4 Å². The third-order valence-corrected chi connectivity index (χ3v) is 10.2. The van der Waals surface area contributed by atoms with Crippen molar-refractivity contribution in [2.45, 2.75) is 16.2 Å². The van der Waals surface area contributed by atoms with Crippen LogP contribution in [0.15, 0.2) is 76.5 Å². The topological polar surface area (TPSA) is 95.1 Å². The number of hydrogen-bond donors (Lipinski definition) is 0. The summed E-state index contributed by atoms with van der Waals surface area (Å²) in [5.74, 6) is -0.493. The summed E-state index contributed by atoms with van der Waals surface area (Å²) in [6, 6.07) is 16.8. The van der Waals surface area contributed by atoms with E-state index in [0.717, 1.165) is 8.61 Å². The standard InChI is InChI=1S/C24H23Cl2N3O5S2/c1-27(2)35(31,32)19-11-12-21-17(15-19)13-14-28(21)23(30)16-29(22-10-6-9-20(25)24(22)26)36(33,34)18-7-4-3-5-8-18/h3-12,15H,13-14,16H2,1-2H3. The summed E-state index contributed by atoms with van der Waals surface area (Å²) in [4.78, 5) is 15.0. The molecule has 1 aliphatic heterocycles. The van der Waals surface area contributed by atoms with Gasteiger partial charge in [-0.2, -0.15) is 0 Å². The highest BCUT2D eigenvalue weighted by Crippen LogP contribution is 2.36. The summed E-state index contributed by atoms with van der Waals surface area (Å²) in [5, 5.41) is 0.155. The molecule has 0 saturated carbocycles. The van der Waals surface area contributed by atoms with Crippen LogP contribution in [-0.4, -0.2) is 54.2 Å². The van der Waals surface area contributed by atoms with E-state index in [1.54, 1.807) is 36.4 Å². The van der Waals surface area contributed by atoms with Gasteiger partial charge >= 0.3 is 0 Å². The number of anilines is 2. The van der Waals surface area contributed by atoms with Crippen LogP contribution in [0.2, 0.25) is 10.0 Å². The smallest absolute Gasteiger partial charge is 0.264 e. The number of carbonyl (C=O) groups is 1. The summed E-state index contributed by atoms with van der Waals surface area (Å²) < 4.78 is 54.3. The largest absolute Gasteiger partial charge is 0.310 e. The fraction of sp³-hybridized carbons (Fsp3) is 0.208. The SMILES string of the molecule is CN(C)S(=O)(=O)c1ccc2c(c1)CCN2C(=O)CN(c1cccc(Cl)c1Cl)S(=O)(=O)c1ccccc1. The molecule has 0 bridgehead atoms. The van der Waals surface area contributed by atoms with Gasteiger partial charge in [-0.1, -0.05) is 47.5 Å².